The van der Waals surface area contributed by atoms with E-state index in [1.165, 1.54) is 12.4 Å². The molecule has 0 radical (unpaired) electrons. The van der Waals surface area contributed by atoms with Crippen molar-refractivity contribution in [2.75, 3.05) is 6.61 Å². The van der Waals surface area contributed by atoms with E-state index in [1.807, 2.05) is 19.9 Å². The third-order valence-electron chi connectivity index (χ3n) is 9.56. The zero-order chi connectivity index (χ0) is 32.2. The van der Waals surface area contributed by atoms with Crippen molar-refractivity contribution in [1.29, 1.82) is 0 Å². The summed E-state index contributed by atoms with van der Waals surface area (Å²) in [6, 6.07) is 6.74. The predicted octanol–water partition coefficient (Wildman–Crippen LogP) is 6.59. The molecule has 3 aliphatic rings. The smallest absolute Gasteiger partial charge is 0.340 e. The second-order valence-corrected chi connectivity index (χ2v) is 13.1. The molecular formula is C36H44N2O7. The van der Waals surface area contributed by atoms with Gasteiger partial charge >= 0.3 is 17.9 Å². The van der Waals surface area contributed by atoms with E-state index >= 15 is 0 Å². The second-order valence-electron chi connectivity index (χ2n) is 13.1. The normalized spacial score (nSPS) is 30.4. The van der Waals surface area contributed by atoms with Crippen molar-refractivity contribution in [1.82, 2.24) is 9.97 Å². The quantitative estimate of drug-likeness (QED) is 0.140. The SMILES string of the molecule is CCCC(=O)OC[C@]12CCC(=C(C)C)[C@@H]1[C@H](OC(=O)c1cccnc1)C[C@]1(C)O[C@H]1CC/C(C)=C/[C@@H]2OC(=O)c1cccnc1. The van der Waals surface area contributed by atoms with Crippen LogP contribution in [0.3, 0.4) is 0 Å². The standard InChI is InChI=1S/C36H44N2O7/c1-6-9-31(39)42-22-36-15-14-27(23(2)3)32(36)28(43-33(40)25-10-7-16-37-20-25)19-35(5)29(45-35)13-12-24(4)18-30(36)44-34(41)26-11-8-17-38-21-26/h7-8,10-11,16-18,20-21,28-30,32H,6,9,12-15,19,22H2,1-5H3/b24-18+/t28-,29+,30+,32-,35+,36+/m1/s1. The predicted molar refractivity (Wildman–Crippen MR) is 167 cm³/mol. The Balaban J connectivity index is 1.66. The number of carbonyl (C=O) groups is 3. The van der Waals surface area contributed by atoms with Gasteiger partial charge in [-0.25, -0.2) is 9.59 Å². The van der Waals surface area contributed by atoms with E-state index in [4.69, 9.17) is 18.9 Å². The highest BCUT2D eigenvalue weighted by atomic mass is 16.6. The van der Waals surface area contributed by atoms with Gasteiger partial charge in [0.15, 0.2) is 0 Å². The fourth-order valence-corrected chi connectivity index (χ4v) is 7.07. The van der Waals surface area contributed by atoms with Crippen molar-refractivity contribution < 1.29 is 33.3 Å². The van der Waals surface area contributed by atoms with Gasteiger partial charge in [-0.15, -0.1) is 0 Å². The van der Waals surface area contributed by atoms with Gasteiger partial charge in [0, 0.05) is 43.5 Å². The van der Waals surface area contributed by atoms with E-state index in [-0.39, 0.29) is 25.1 Å². The molecule has 0 amide bonds. The van der Waals surface area contributed by atoms with Crippen LogP contribution < -0.4 is 0 Å². The number of epoxide rings is 1. The van der Waals surface area contributed by atoms with Crippen LogP contribution >= 0.6 is 0 Å². The molecule has 1 saturated heterocycles. The fraction of sp³-hybridized carbons (Fsp3) is 0.528. The number of ether oxygens (including phenoxy) is 4. The molecule has 1 saturated carbocycles. The molecule has 9 heteroatoms. The van der Waals surface area contributed by atoms with Crippen molar-refractivity contribution in [3.05, 3.63) is 83.0 Å². The highest BCUT2D eigenvalue weighted by molar-refractivity contribution is 5.89. The first-order valence-electron chi connectivity index (χ1n) is 16.0. The molecule has 2 aliphatic carbocycles. The molecule has 0 bridgehead atoms. The molecule has 0 spiro atoms. The van der Waals surface area contributed by atoms with Crippen molar-refractivity contribution in [3.63, 3.8) is 0 Å². The van der Waals surface area contributed by atoms with Crippen LogP contribution in [-0.4, -0.2) is 58.4 Å². The van der Waals surface area contributed by atoms with Crippen LogP contribution in [0.1, 0.15) is 100 Å². The molecule has 0 unspecified atom stereocenters. The summed E-state index contributed by atoms with van der Waals surface area (Å²) in [6.07, 6.45) is 10.9. The van der Waals surface area contributed by atoms with Gasteiger partial charge in [-0.05, 0) is 90.1 Å². The zero-order valence-electron chi connectivity index (χ0n) is 26.9. The molecule has 0 N–H and O–H groups in total. The third kappa shape index (κ3) is 7.19. The number of esters is 3. The highest BCUT2D eigenvalue weighted by Gasteiger charge is 2.61. The first-order valence-corrected chi connectivity index (χ1v) is 16.0. The Morgan fingerprint density at radius 1 is 1.00 bits per heavy atom. The van der Waals surface area contributed by atoms with Crippen molar-refractivity contribution in [2.45, 2.75) is 103 Å². The van der Waals surface area contributed by atoms with Crippen molar-refractivity contribution in [3.8, 4) is 0 Å². The average molecular weight is 617 g/mol. The number of pyridine rings is 2. The van der Waals surface area contributed by atoms with Gasteiger partial charge in [0.05, 0.1) is 28.2 Å². The Labute approximate surface area is 265 Å². The lowest BCUT2D eigenvalue weighted by atomic mass is 9.68. The van der Waals surface area contributed by atoms with Gasteiger partial charge in [-0.3, -0.25) is 14.8 Å². The van der Waals surface area contributed by atoms with E-state index < -0.39 is 41.1 Å². The number of nitrogens with zero attached hydrogens (tertiary/aromatic N) is 2. The molecule has 3 heterocycles. The van der Waals surface area contributed by atoms with Crippen LogP contribution in [-0.2, 0) is 23.7 Å². The number of hydrogen-bond acceptors (Lipinski definition) is 9. The van der Waals surface area contributed by atoms with E-state index in [0.29, 0.717) is 36.8 Å². The topological polar surface area (TPSA) is 117 Å². The monoisotopic (exact) mass is 616 g/mol. The summed E-state index contributed by atoms with van der Waals surface area (Å²) in [5.41, 5.74) is 2.51. The Kier molecular flexibility index (Phi) is 9.87. The lowest BCUT2D eigenvalue weighted by Crippen LogP contribution is -2.50. The first kappa shape index (κ1) is 32.5. The summed E-state index contributed by atoms with van der Waals surface area (Å²) < 4.78 is 25.2. The highest BCUT2D eigenvalue weighted by Crippen LogP contribution is 2.57. The maximum atomic E-state index is 13.7. The van der Waals surface area contributed by atoms with Gasteiger partial charge in [0.2, 0.25) is 0 Å². The molecule has 240 valence electrons. The van der Waals surface area contributed by atoms with Gasteiger partial charge in [0.1, 0.15) is 18.8 Å². The first-order chi connectivity index (χ1) is 21.6. The Hall–Kier alpha value is -3.85. The molecule has 9 nitrogen and oxygen atoms in total. The van der Waals surface area contributed by atoms with Gasteiger partial charge in [-0.1, -0.05) is 23.6 Å². The maximum Gasteiger partial charge on any atom is 0.340 e. The number of rotatable bonds is 8. The lowest BCUT2D eigenvalue weighted by Gasteiger charge is -2.43. The third-order valence-corrected chi connectivity index (χ3v) is 9.56. The minimum Gasteiger partial charge on any atom is -0.465 e. The second kappa shape index (κ2) is 13.6. The maximum absolute atomic E-state index is 13.7. The molecule has 5 rings (SSSR count). The molecule has 2 aromatic rings. The number of hydrogen-bond donors (Lipinski definition) is 0. The summed E-state index contributed by atoms with van der Waals surface area (Å²) in [5, 5.41) is 0. The van der Waals surface area contributed by atoms with Crippen LogP contribution in [0.15, 0.2) is 71.8 Å². The summed E-state index contributed by atoms with van der Waals surface area (Å²) in [4.78, 5) is 48.5. The number of carbonyl (C=O) groups excluding carboxylic acids is 3. The van der Waals surface area contributed by atoms with Crippen LogP contribution in [0.2, 0.25) is 0 Å². The van der Waals surface area contributed by atoms with E-state index in [9.17, 15) is 14.4 Å². The molecule has 6 atom stereocenters. The minimum absolute atomic E-state index is 0.00303. The molecule has 2 fully saturated rings. The van der Waals surface area contributed by atoms with E-state index in [0.717, 1.165) is 29.6 Å². The Morgan fingerprint density at radius 2 is 1.67 bits per heavy atom. The van der Waals surface area contributed by atoms with Crippen molar-refractivity contribution >= 4 is 17.9 Å². The number of fused-ring (bicyclic) bond motifs is 2. The molecule has 2 aromatic heterocycles. The zero-order valence-corrected chi connectivity index (χ0v) is 26.9. The lowest BCUT2D eigenvalue weighted by molar-refractivity contribution is -0.153. The number of allylic oxidation sites excluding steroid dienone is 2. The number of aromatic nitrogens is 2. The van der Waals surface area contributed by atoms with Gasteiger partial charge in [0.25, 0.3) is 0 Å². The fourth-order valence-electron chi connectivity index (χ4n) is 7.07. The minimum atomic E-state index is -0.917. The van der Waals surface area contributed by atoms with Gasteiger partial charge in [-0.2, -0.15) is 0 Å². The molecule has 45 heavy (non-hydrogen) atoms. The molecule has 1 aliphatic heterocycles. The largest absolute Gasteiger partial charge is 0.465 e. The molecular weight excluding hydrogens is 572 g/mol. The van der Waals surface area contributed by atoms with E-state index in [2.05, 4.69) is 30.7 Å². The van der Waals surface area contributed by atoms with E-state index in [1.54, 1.807) is 36.7 Å². The van der Waals surface area contributed by atoms with Crippen molar-refractivity contribution in [2.24, 2.45) is 11.3 Å². The summed E-state index contributed by atoms with van der Waals surface area (Å²) in [5.74, 6) is -1.74. The summed E-state index contributed by atoms with van der Waals surface area (Å²) in [6.45, 7) is 10.1. The van der Waals surface area contributed by atoms with Gasteiger partial charge < -0.3 is 18.9 Å². The van der Waals surface area contributed by atoms with Crippen LogP contribution in [0.25, 0.3) is 0 Å². The van der Waals surface area contributed by atoms with Crippen LogP contribution in [0.4, 0.5) is 0 Å². The van der Waals surface area contributed by atoms with Crippen LogP contribution in [0, 0.1) is 11.3 Å². The van der Waals surface area contributed by atoms with Crippen LogP contribution in [0.5, 0.6) is 0 Å². The Morgan fingerprint density at radius 3 is 2.27 bits per heavy atom. The average Bonchev–Trinajstić information content (AvgIpc) is 3.50. The summed E-state index contributed by atoms with van der Waals surface area (Å²) >= 11 is 0. The molecule has 0 aromatic carbocycles. The summed E-state index contributed by atoms with van der Waals surface area (Å²) in [7, 11) is 0. The Bertz CT molecular complexity index is 1450.